The van der Waals surface area contributed by atoms with E-state index in [0.717, 1.165) is 50.0 Å². The first-order chi connectivity index (χ1) is 51.6. The highest BCUT2D eigenvalue weighted by atomic mass is 79.9. The first-order valence-corrected chi connectivity index (χ1v) is 36.1. The fraction of sp³-hybridized carbons (Fsp3) is 0. The molecule has 0 bridgehead atoms. The first kappa shape index (κ1) is 76.3. The van der Waals surface area contributed by atoms with E-state index in [9.17, 15) is 58.7 Å². The molecule has 0 amide bonds. The van der Waals surface area contributed by atoms with Gasteiger partial charge in [0.2, 0.25) is 23.1 Å². The highest BCUT2D eigenvalue weighted by molar-refractivity contribution is 9.12. The maximum atomic E-state index is 14.1. The number of terminal acetylenes is 1. The highest BCUT2D eigenvalue weighted by Gasteiger charge is 2.26. The molecule has 15 rings (SSSR count). The van der Waals surface area contributed by atoms with Crippen LogP contribution in [0.4, 0.5) is 39.5 Å². The summed E-state index contributed by atoms with van der Waals surface area (Å²) < 4.78 is 121. The maximum absolute atomic E-state index is 14.1. The van der Waals surface area contributed by atoms with Crippen LogP contribution in [0.2, 0.25) is 0 Å². The number of carbonyl (C=O) groups excluding carboxylic acids is 4. The molecular formula is C84H43Br2F9N4O4S4. The smallest absolute Gasteiger partial charge is 0.243 e. The summed E-state index contributed by atoms with van der Waals surface area (Å²) in [6.07, 6.45) is 5.03. The molecule has 524 valence electrons. The van der Waals surface area contributed by atoms with E-state index in [1.54, 1.807) is 84.1 Å². The lowest BCUT2D eigenvalue weighted by molar-refractivity contribution is 0.0818. The third kappa shape index (κ3) is 20.8. The third-order valence-electron chi connectivity index (χ3n) is 14.7. The van der Waals surface area contributed by atoms with Crippen LogP contribution in [0.15, 0.2) is 262 Å². The largest absolute Gasteiger partial charge is 0.285 e. The van der Waals surface area contributed by atoms with E-state index in [1.807, 2.05) is 36.4 Å². The van der Waals surface area contributed by atoms with E-state index in [-0.39, 0.29) is 44.2 Å². The normalized spacial score (nSPS) is 10.4. The lowest BCUT2D eigenvalue weighted by atomic mass is 10.1. The van der Waals surface area contributed by atoms with Gasteiger partial charge in [-0.15, -0.1) is 51.8 Å². The van der Waals surface area contributed by atoms with Gasteiger partial charge in [0.15, 0.2) is 0 Å². The topological polar surface area (TPSA) is 120 Å². The van der Waals surface area contributed by atoms with E-state index in [4.69, 9.17) is 26.4 Å². The summed E-state index contributed by atoms with van der Waals surface area (Å²) in [5.41, 5.74) is 7.25. The molecule has 0 saturated carbocycles. The fourth-order valence-corrected chi connectivity index (χ4v) is 14.5. The van der Waals surface area contributed by atoms with E-state index in [1.165, 1.54) is 152 Å². The third-order valence-corrected chi connectivity index (χ3v) is 20.0. The van der Waals surface area contributed by atoms with Crippen LogP contribution in [-0.4, -0.2) is 43.1 Å². The van der Waals surface area contributed by atoms with Gasteiger partial charge < -0.3 is 0 Å². The van der Waals surface area contributed by atoms with Crippen molar-refractivity contribution in [3.8, 4) is 79.7 Å². The van der Waals surface area contributed by atoms with Crippen LogP contribution < -0.4 is 0 Å². The van der Waals surface area contributed by atoms with Crippen molar-refractivity contribution < 1.29 is 58.7 Å². The Hall–Kier alpha value is -11.9. The molecule has 9 aromatic carbocycles. The number of hydrogen-bond acceptors (Lipinski definition) is 12. The average molecular weight is 1630 g/mol. The predicted octanol–water partition coefficient (Wildman–Crippen LogP) is 22.9. The predicted molar refractivity (Wildman–Crippen MR) is 410 cm³/mol. The molecule has 0 aliphatic carbocycles. The minimum atomic E-state index is -0.861. The Bertz CT molecular complexity index is 5770. The molecular weight excluding hydrogens is 1590 g/mol. The van der Waals surface area contributed by atoms with Crippen LogP contribution in [0.1, 0.15) is 66.5 Å². The van der Waals surface area contributed by atoms with Crippen LogP contribution in [0.25, 0.3) is 65.7 Å². The van der Waals surface area contributed by atoms with Gasteiger partial charge in [0.05, 0.1) is 70.3 Å². The van der Waals surface area contributed by atoms with Crippen molar-refractivity contribution in [2.75, 3.05) is 0 Å². The molecule has 0 atom stereocenters. The van der Waals surface area contributed by atoms with Crippen LogP contribution in [-0.2, 0) is 0 Å². The molecule has 0 unspecified atom stereocenters. The molecule has 107 heavy (non-hydrogen) atoms. The number of halogens is 11. The number of fused-ring (bicyclic) bond motifs is 2. The minimum absolute atomic E-state index is 0.0143. The number of carbonyl (C=O) groups is 4. The second kappa shape index (κ2) is 35.8. The molecule has 6 aromatic heterocycles. The molecule has 0 aliphatic rings. The van der Waals surface area contributed by atoms with Crippen molar-refractivity contribution in [2.24, 2.45) is 0 Å². The number of thiophene rings is 4. The van der Waals surface area contributed by atoms with Gasteiger partial charge in [0.1, 0.15) is 63.7 Å². The van der Waals surface area contributed by atoms with Crippen molar-refractivity contribution in [3.05, 3.63) is 362 Å². The maximum Gasteiger partial charge on any atom is 0.243 e. The molecule has 0 spiro atoms. The summed E-state index contributed by atoms with van der Waals surface area (Å²) in [7, 11) is 0. The van der Waals surface area contributed by atoms with Gasteiger partial charge in [-0.25, -0.2) is 59.4 Å². The summed E-state index contributed by atoms with van der Waals surface area (Å²) in [5.74, 6) is 7.47. The number of hydrogen-bond donors (Lipinski definition) is 0. The van der Waals surface area contributed by atoms with E-state index < -0.39 is 52.2 Å². The molecule has 0 aliphatic heterocycles. The van der Waals surface area contributed by atoms with Crippen LogP contribution in [0.3, 0.4) is 0 Å². The minimum Gasteiger partial charge on any atom is -0.285 e. The Morgan fingerprint density at radius 2 is 0.607 bits per heavy atom. The Labute approximate surface area is 637 Å². The summed E-state index contributed by atoms with van der Waals surface area (Å²) in [6.45, 7) is 0. The SMILES string of the molecule is Brc1ccc(Br)s1.C#Cc1ccc(F)cc1.Fc1ccc(-c2nc3cc(F)ccc3nc2-c2ccc(-c3nc4cc(F)ccc4nc3-c3ccc(F)cc3)s2)cc1.Fc1ccc(C#Cc2ccc(C#Cc3ccc(F)cc3)s2)cc1.O=C(C(=O)c1ccc(C(=O)C(=O)c2ccc(F)cc2)s1)c1ccc(F)cc1. The van der Waals surface area contributed by atoms with Gasteiger partial charge in [-0.05, 0) is 275 Å². The van der Waals surface area contributed by atoms with E-state index >= 15 is 0 Å². The Balaban J connectivity index is 0.000000150. The van der Waals surface area contributed by atoms with Crippen molar-refractivity contribution in [1.29, 1.82) is 0 Å². The van der Waals surface area contributed by atoms with Crippen molar-refractivity contribution >= 4 is 122 Å². The standard InChI is InChI=1S/C32H16F4N4S.C20H10F2O4S.C20H10F2S.C8H5F.C4H2Br2S/c33-19-5-1-17(2-6-19)29-32(40-26-16-22(36)9-11-23(26)37-29)28-14-13-27(41-28)31-30(18-3-7-20(34)8-4-18)39-25-15-21(35)10-12-24(25)38-31;21-13-5-1-11(2-6-13)17(23)19(25)15-9-10-16(27-15)20(26)18(24)12-3-7-14(22)8-4-12;21-17-7-1-15(2-8-17)5-11-19-13-14-20(23-19)12-6-16-3-9-18(22)10-4-16;1-2-7-3-5-8(9)6-4-7;5-3-1-2-4(6)7-3/h1-16H;1-10H;1-4,7-10,13-14H;1,3-6H;1-2H. The monoisotopic (exact) mass is 1630 g/mol. The first-order valence-electron chi connectivity index (χ1n) is 31.2. The molecule has 8 nitrogen and oxygen atoms in total. The second-order valence-corrected chi connectivity index (χ2v) is 29.2. The summed E-state index contributed by atoms with van der Waals surface area (Å²) in [5, 5.41) is 0. The zero-order chi connectivity index (χ0) is 75.7. The summed E-state index contributed by atoms with van der Waals surface area (Å²) in [4.78, 5) is 71.1. The highest BCUT2D eigenvalue weighted by Crippen LogP contribution is 2.41. The number of benzene rings is 9. The molecule has 6 heterocycles. The lowest BCUT2D eigenvalue weighted by Gasteiger charge is -2.10. The number of rotatable bonds is 10. The van der Waals surface area contributed by atoms with Gasteiger partial charge in [-0.3, -0.25) is 19.2 Å². The van der Waals surface area contributed by atoms with Crippen molar-refractivity contribution in [1.82, 2.24) is 19.9 Å². The fourth-order valence-electron chi connectivity index (χ4n) is 9.52. The van der Waals surface area contributed by atoms with Crippen molar-refractivity contribution in [3.63, 3.8) is 0 Å². The zero-order valence-corrected chi connectivity index (χ0v) is 61.0. The van der Waals surface area contributed by atoms with Crippen LogP contribution >= 0.6 is 77.2 Å². The molecule has 15 aromatic rings. The zero-order valence-electron chi connectivity index (χ0n) is 54.5. The summed E-state index contributed by atoms with van der Waals surface area (Å²) in [6, 6.07) is 61.1. The van der Waals surface area contributed by atoms with E-state index in [2.05, 4.69) is 61.5 Å². The van der Waals surface area contributed by atoms with Gasteiger partial charge in [-0.1, -0.05) is 29.6 Å². The molecule has 23 heteroatoms. The lowest BCUT2D eigenvalue weighted by Crippen LogP contribution is -2.14. The van der Waals surface area contributed by atoms with Crippen LogP contribution in [0.5, 0.6) is 0 Å². The van der Waals surface area contributed by atoms with Gasteiger partial charge in [-0.2, -0.15) is 0 Å². The number of Topliss-reactive ketones (excluding diaryl/α,β-unsaturated/α-hetero) is 4. The second-order valence-electron chi connectivity index (χ2n) is 22.2. The molecule has 0 N–H and O–H groups in total. The Morgan fingerprint density at radius 3 is 0.963 bits per heavy atom. The quantitative estimate of drug-likeness (QED) is 0.0575. The summed E-state index contributed by atoms with van der Waals surface area (Å²) >= 11 is 11.9. The van der Waals surface area contributed by atoms with Gasteiger partial charge in [0, 0.05) is 51.1 Å². The average Bonchev–Trinajstić information content (AvgIpc) is 1.75. The number of aromatic nitrogens is 4. The van der Waals surface area contributed by atoms with Crippen molar-refractivity contribution in [2.45, 2.75) is 0 Å². The van der Waals surface area contributed by atoms with E-state index in [0.29, 0.717) is 77.7 Å². The number of ketones is 4. The van der Waals surface area contributed by atoms with Gasteiger partial charge >= 0.3 is 0 Å². The number of nitrogens with zero attached hydrogens (tertiary/aromatic N) is 4. The Morgan fingerprint density at radius 1 is 0.290 bits per heavy atom. The van der Waals surface area contributed by atoms with Crippen LogP contribution in [0, 0.1) is 88.4 Å². The Kier molecular flexibility index (Phi) is 25.5. The van der Waals surface area contributed by atoms with Gasteiger partial charge in [0.25, 0.3) is 0 Å². The molecule has 0 saturated heterocycles. The molecule has 0 radical (unpaired) electrons. The molecule has 0 fully saturated rings.